The molecule has 5 nitrogen and oxygen atoms in total. The molecule has 0 aliphatic rings. The second kappa shape index (κ2) is 11.0. The van der Waals surface area contributed by atoms with Gasteiger partial charge in [-0.3, -0.25) is 0 Å². The van der Waals surface area contributed by atoms with E-state index in [2.05, 4.69) is 11.9 Å². The molecule has 0 amide bonds. The number of rotatable bonds is 10. The van der Waals surface area contributed by atoms with E-state index in [9.17, 15) is 8.42 Å². The van der Waals surface area contributed by atoms with Crippen LogP contribution in [-0.4, -0.2) is 15.0 Å². The van der Waals surface area contributed by atoms with Gasteiger partial charge in [0.05, 0.1) is 6.61 Å². The molecular weight excluding hydrogens is 481 g/mol. The van der Waals surface area contributed by atoms with E-state index in [1.54, 1.807) is 12.1 Å². The number of halogens is 2. The van der Waals surface area contributed by atoms with Gasteiger partial charge in [0.2, 0.25) is 0 Å². The maximum Gasteiger partial charge on any atom is 0.339 e. The maximum absolute atomic E-state index is 12.9. The minimum atomic E-state index is -4.09. The minimum Gasteiger partial charge on any atom is -0.490 e. The summed E-state index contributed by atoms with van der Waals surface area (Å²) in [4.78, 5) is 0.000997. The van der Waals surface area contributed by atoms with Crippen molar-refractivity contribution in [3.05, 3.63) is 94.0 Å². The Morgan fingerprint density at radius 1 is 1.03 bits per heavy atom. The van der Waals surface area contributed by atoms with Crippen LogP contribution < -0.4 is 14.2 Å². The standard InChI is InChI=1S/C25H25Cl2NO4S/c1-4-6-19-13-18(16-28-23-15-21(27)8-7-17(23)3)14-24(31-5-2)25(19)32-33(29,30)22-11-9-20(26)10-12-22/h4,7-15,28H,1,5-6,16H2,2-3H3. The third-order valence-electron chi connectivity index (χ3n) is 4.83. The molecule has 1 N–H and O–H groups in total. The topological polar surface area (TPSA) is 64.6 Å². The van der Waals surface area contributed by atoms with Crippen molar-refractivity contribution < 1.29 is 17.3 Å². The molecule has 0 spiro atoms. The summed E-state index contributed by atoms with van der Waals surface area (Å²) in [6.45, 7) is 8.43. The fourth-order valence-electron chi connectivity index (χ4n) is 3.23. The lowest BCUT2D eigenvalue weighted by atomic mass is 10.1. The Morgan fingerprint density at radius 2 is 1.73 bits per heavy atom. The molecule has 174 valence electrons. The van der Waals surface area contributed by atoms with Crippen molar-refractivity contribution in [1.82, 2.24) is 0 Å². The highest BCUT2D eigenvalue weighted by atomic mass is 35.5. The van der Waals surface area contributed by atoms with Gasteiger partial charge in [0, 0.05) is 27.8 Å². The molecule has 33 heavy (non-hydrogen) atoms. The smallest absolute Gasteiger partial charge is 0.339 e. The number of ether oxygens (including phenoxy) is 1. The molecule has 8 heteroatoms. The van der Waals surface area contributed by atoms with Crippen LogP contribution in [0.15, 0.2) is 72.1 Å². The number of aryl methyl sites for hydroxylation is 1. The van der Waals surface area contributed by atoms with Crippen molar-refractivity contribution in [1.29, 1.82) is 0 Å². The van der Waals surface area contributed by atoms with E-state index in [1.807, 2.05) is 38.1 Å². The molecule has 0 unspecified atom stereocenters. The average Bonchev–Trinajstić information content (AvgIpc) is 2.77. The number of anilines is 1. The van der Waals surface area contributed by atoms with Crippen molar-refractivity contribution in [3.63, 3.8) is 0 Å². The highest BCUT2D eigenvalue weighted by molar-refractivity contribution is 7.87. The SMILES string of the molecule is C=CCc1cc(CNc2cc(Cl)ccc2C)cc(OCC)c1OS(=O)(=O)c1ccc(Cl)cc1. The van der Waals surface area contributed by atoms with Crippen molar-refractivity contribution in [2.75, 3.05) is 11.9 Å². The van der Waals surface area contributed by atoms with Gasteiger partial charge >= 0.3 is 10.1 Å². The zero-order chi connectivity index (χ0) is 24.0. The lowest BCUT2D eigenvalue weighted by molar-refractivity contribution is 0.326. The molecule has 3 aromatic carbocycles. The molecule has 0 aliphatic carbocycles. The quantitative estimate of drug-likeness (QED) is 0.242. The summed E-state index contributed by atoms with van der Waals surface area (Å²) in [6.07, 6.45) is 2.08. The normalized spacial score (nSPS) is 11.2. The predicted octanol–water partition coefficient (Wildman–Crippen LogP) is 6.81. The summed E-state index contributed by atoms with van der Waals surface area (Å²) in [6, 6.07) is 15.1. The molecule has 0 saturated carbocycles. The first-order valence-corrected chi connectivity index (χ1v) is 12.5. The fraction of sp³-hybridized carbons (Fsp3) is 0.200. The third-order valence-corrected chi connectivity index (χ3v) is 6.56. The largest absolute Gasteiger partial charge is 0.490 e. The molecule has 0 fully saturated rings. The molecular formula is C25H25Cl2NO4S. The summed E-state index contributed by atoms with van der Waals surface area (Å²) in [5, 5.41) is 4.44. The summed E-state index contributed by atoms with van der Waals surface area (Å²) in [5.74, 6) is 0.489. The van der Waals surface area contributed by atoms with Crippen LogP contribution in [0.2, 0.25) is 10.0 Å². The first-order valence-electron chi connectivity index (χ1n) is 10.3. The van der Waals surface area contributed by atoms with Gasteiger partial charge in [-0.15, -0.1) is 6.58 Å². The van der Waals surface area contributed by atoms with E-state index < -0.39 is 10.1 Å². The van der Waals surface area contributed by atoms with Gasteiger partial charge < -0.3 is 14.2 Å². The summed E-state index contributed by atoms with van der Waals surface area (Å²) >= 11 is 12.0. The Morgan fingerprint density at radius 3 is 2.39 bits per heavy atom. The molecule has 0 aliphatic heterocycles. The molecule has 0 aromatic heterocycles. The van der Waals surface area contributed by atoms with E-state index in [4.69, 9.17) is 32.1 Å². The zero-order valence-corrected chi connectivity index (χ0v) is 20.7. The molecule has 3 rings (SSSR count). The van der Waals surface area contributed by atoms with E-state index in [0.29, 0.717) is 40.9 Å². The van der Waals surface area contributed by atoms with Crippen LogP contribution in [0, 0.1) is 6.92 Å². The maximum atomic E-state index is 12.9. The molecule has 0 heterocycles. The highest BCUT2D eigenvalue weighted by Gasteiger charge is 2.22. The van der Waals surface area contributed by atoms with Crippen molar-refractivity contribution in [3.8, 4) is 11.5 Å². The van der Waals surface area contributed by atoms with Gasteiger partial charge in [0.25, 0.3) is 0 Å². The molecule has 0 atom stereocenters. The van der Waals surface area contributed by atoms with Gasteiger partial charge in [-0.05, 0) is 79.9 Å². The molecule has 3 aromatic rings. The van der Waals surface area contributed by atoms with Crippen molar-refractivity contribution >= 4 is 39.0 Å². The van der Waals surface area contributed by atoms with E-state index in [-0.39, 0.29) is 10.6 Å². The lowest BCUT2D eigenvalue weighted by Gasteiger charge is -2.18. The molecule has 0 saturated heterocycles. The number of hydrogen-bond donors (Lipinski definition) is 1. The second-order valence-corrected chi connectivity index (χ2v) is 9.73. The number of benzene rings is 3. The number of nitrogens with one attached hydrogen (secondary N) is 1. The fourth-order valence-corrected chi connectivity index (χ4v) is 4.50. The Balaban J connectivity index is 1.96. The lowest BCUT2D eigenvalue weighted by Crippen LogP contribution is -2.13. The van der Waals surface area contributed by atoms with Crippen LogP contribution in [0.1, 0.15) is 23.6 Å². The summed E-state index contributed by atoms with van der Waals surface area (Å²) in [5.41, 5.74) is 3.51. The second-order valence-electron chi connectivity index (χ2n) is 7.31. The Bertz CT molecular complexity index is 1240. The van der Waals surface area contributed by atoms with Crippen LogP contribution in [-0.2, 0) is 23.1 Å². The minimum absolute atomic E-state index is 0.000997. The highest BCUT2D eigenvalue weighted by Crippen LogP contribution is 2.36. The number of allylic oxidation sites excluding steroid dienone is 1. The summed E-state index contributed by atoms with van der Waals surface area (Å²) in [7, 11) is -4.09. The average molecular weight is 506 g/mol. The van der Waals surface area contributed by atoms with Gasteiger partial charge in [-0.1, -0.05) is 35.3 Å². The van der Waals surface area contributed by atoms with Crippen LogP contribution in [0.3, 0.4) is 0 Å². The van der Waals surface area contributed by atoms with E-state index in [1.165, 1.54) is 24.3 Å². The van der Waals surface area contributed by atoms with Crippen LogP contribution in [0.5, 0.6) is 11.5 Å². The molecule has 0 bridgehead atoms. The first-order chi connectivity index (χ1) is 15.7. The number of hydrogen-bond acceptors (Lipinski definition) is 5. The van der Waals surface area contributed by atoms with E-state index in [0.717, 1.165) is 16.8 Å². The third kappa shape index (κ3) is 6.44. The first kappa shape index (κ1) is 25.0. The summed E-state index contributed by atoms with van der Waals surface area (Å²) < 4.78 is 37.2. The van der Waals surface area contributed by atoms with Crippen LogP contribution >= 0.6 is 23.2 Å². The van der Waals surface area contributed by atoms with Gasteiger partial charge in [-0.2, -0.15) is 8.42 Å². The monoisotopic (exact) mass is 505 g/mol. The predicted molar refractivity (Wildman–Crippen MR) is 134 cm³/mol. The molecule has 0 radical (unpaired) electrons. The van der Waals surface area contributed by atoms with E-state index >= 15 is 0 Å². The zero-order valence-electron chi connectivity index (χ0n) is 18.4. The van der Waals surface area contributed by atoms with Gasteiger partial charge in [0.15, 0.2) is 11.5 Å². The van der Waals surface area contributed by atoms with Gasteiger partial charge in [0.1, 0.15) is 4.90 Å². The Hall–Kier alpha value is -2.67. The Kier molecular flexibility index (Phi) is 8.30. The van der Waals surface area contributed by atoms with Crippen LogP contribution in [0.4, 0.5) is 5.69 Å². The van der Waals surface area contributed by atoms with Crippen molar-refractivity contribution in [2.24, 2.45) is 0 Å². The Labute approximate surface area is 205 Å². The van der Waals surface area contributed by atoms with Crippen LogP contribution in [0.25, 0.3) is 0 Å². The van der Waals surface area contributed by atoms with Gasteiger partial charge in [-0.25, -0.2) is 0 Å². The van der Waals surface area contributed by atoms with Crippen molar-refractivity contribution in [2.45, 2.75) is 31.7 Å².